The van der Waals surface area contributed by atoms with Crippen LogP contribution in [0.1, 0.15) is 36.5 Å². The van der Waals surface area contributed by atoms with Gasteiger partial charge in [0.05, 0.1) is 0 Å². The van der Waals surface area contributed by atoms with Crippen molar-refractivity contribution in [3.05, 3.63) is 35.4 Å². The van der Waals surface area contributed by atoms with Crippen molar-refractivity contribution in [3.63, 3.8) is 0 Å². The molecular formula is C18H24F2N2O3. The molecule has 0 bridgehead atoms. The molecule has 0 radical (unpaired) electrons. The number of hydrogen-bond acceptors (Lipinski definition) is 3. The summed E-state index contributed by atoms with van der Waals surface area (Å²) in [5.41, 5.74) is 0.123. The molecule has 0 aromatic heterocycles. The van der Waals surface area contributed by atoms with Crippen molar-refractivity contribution in [2.75, 3.05) is 32.8 Å². The summed E-state index contributed by atoms with van der Waals surface area (Å²) < 4.78 is 31.4. The Labute approximate surface area is 146 Å². The second kappa shape index (κ2) is 9.46. The number of nitrogens with one attached hydrogen (secondary N) is 1. The standard InChI is InChI=1S/C18H24F2N2O3/c1-2-25-11-3-8-21-17(23)13-6-9-22(10-7-13)18(24)14-4-5-15(19)16(20)12-14/h4-5,12-13H,2-3,6-11H2,1H3,(H,21,23). The Hall–Kier alpha value is -2.02. The number of hydrogen-bond donors (Lipinski definition) is 1. The Bertz CT molecular complexity index is 602. The lowest BCUT2D eigenvalue weighted by Crippen LogP contribution is -2.43. The third kappa shape index (κ3) is 5.49. The highest BCUT2D eigenvalue weighted by molar-refractivity contribution is 5.94. The largest absolute Gasteiger partial charge is 0.382 e. The Morgan fingerprint density at radius 3 is 2.60 bits per heavy atom. The van der Waals surface area contributed by atoms with E-state index in [-0.39, 0.29) is 23.3 Å². The number of nitrogens with zero attached hydrogens (tertiary/aromatic N) is 1. The minimum Gasteiger partial charge on any atom is -0.382 e. The molecule has 7 heteroatoms. The van der Waals surface area contributed by atoms with E-state index in [1.54, 1.807) is 4.90 Å². The molecule has 1 fully saturated rings. The predicted octanol–water partition coefficient (Wildman–Crippen LogP) is 2.36. The van der Waals surface area contributed by atoms with Crippen molar-refractivity contribution in [2.45, 2.75) is 26.2 Å². The van der Waals surface area contributed by atoms with Crippen molar-refractivity contribution >= 4 is 11.8 Å². The highest BCUT2D eigenvalue weighted by Gasteiger charge is 2.27. The molecule has 25 heavy (non-hydrogen) atoms. The lowest BCUT2D eigenvalue weighted by molar-refractivity contribution is -0.126. The molecule has 5 nitrogen and oxygen atoms in total. The number of piperidine rings is 1. The van der Waals surface area contributed by atoms with Crippen LogP contribution in [0.15, 0.2) is 18.2 Å². The first-order valence-corrected chi connectivity index (χ1v) is 8.62. The van der Waals surface area contributed by atoms with E-state index < -0.39 is 11.6 Å². The quantitative estimate of drug-likeness (QED) is 0.765. The van der Waals surface area contributed by atoms with Gasteiger partial charge >= 0.3 is 0 Å². The second-order valence-corrected chi connectivity index (χ2v) is 6.04. The first kappa shape index (κ1) is 19.3. The highest BCUT2D eigenvalue weighted by Crippen LogP contribution is 2.20. The van der Waals surface area contributed by atoms with Gasteiger partial charge in [-0.15, -0.1) is 0 Å². The van der Waals surface area contributed by atoms with E-state index in [0.717, 1.165) is 18.6 Å². The molecule has 2 rings (SSSR count). The summed E-state index contributed by atoms with van der Waals surface area (Å²) in [6.45, 7) is 4.64. The molecule has 1 aliphatic rings. The van der Waals surface area contributed by atoms with Gasteiger partial charge in [0.1, 0.15) is 0 Å². The van der Waals surface area contributed by atoms with Gasteiger partial charge in [-0.1, -0.05) is 0 Å². The van der Waals surface area contributed by atoms with Crippen LogP contribution < -0.4 is 5.32 Å². The summed E-state index contributed by atoms with van der Waals surface area (Å²) >= 11 is 0. The molecule has 138 valence electrons. The smallest absolute Gasteiger partial charge is 0.253 e. The third-order valence-electron chi connectivity index (χ3n) is 4.29. The van der Waals surface area contributed by atoms with Gasteiger partial charge in [0.15, 0.2) is 11.6 Å². The predicted molar refractivity (Wildman–Crippen MR) is 89.1 cm³/mol. The van der Waals surface area contributed by atoms with Crippen LogP contribution in [0.25, 0.3) is 0 Å². The molecule has 1 N–H and O–H groups in total. The van der Waals surface area contributed by atoms with Gasteiger partial charge in [-0.2, -0.15) is 0 Å². The van der Waals surface area contributed by atoms with Gasteiger partial charge in [0, 0.05) is 44.3 Å². The Morgan fingerprint density at radius 2 is 1.96 bits per heavy atom. The van der Waals surface area contributed by atoms with Gasteiger partial charge in [0.2, 0.25) is 5.91 Å². The first-order valence-electron chi connectivity index (χ1n) is 8.62. The van der Waals surface area contributed by atoms with Crippen molar-refractivity contribution in [1.29, 1.82) is 0 Å². The zero-order valence-electron chi connectivity index (χ0n) is 14.4. The summed E-state index contributed by atoms with van der Waals surface area (Å²) in [6.07, 6.45) is 1.90. The molecule has 1 aromatic rings. The molecule has 0 unspecified atom stereocenters. The summed E-state index contributed by atoms with van der Waals surface area (Å²) in [7, 11) is 0. The number of halogens is 2. The minimum atomic E-state index is -1.04. The first-order chi connectivity index (χ1) is 12.0. The van der Waals surface area contributed by atoms with Crippen LogP contribution in [-0.4, -0.2) is 49.6 Å². The van der Waals surface area contributed by atoms with Gasteiger partial charge in [0.25, 0.3) is 5.91 Å². The molecular weight excluding hydrogens is 330 g/mol. The van der Waals surface area contributed by atoms with E-state index in [9.17, 15) is 18.4 Å². The number of carbonyl (C=O) groups excluding carboxylic acids is 2. The molecule has 0 atom stereocenters. The number of likely N-dealkylation sites (tertiary alicyclic amines) is 1. The van der Waals surface area contributed by atoms with E-state index in [0.29, 0.717) is 45.7 Å². The molecule has 2 amide bonds. The van der Waals surface area contributed by atoms with E-state index in [2.05, 4.69) is 5.32 Å². The molecule has 0 aliphatic carbocycles. The zero-order valence-corrected chi connectivity index (χ0v) is 14.4. The fourth-order valence-corrected chi connectivity index (χ4v) is 2.83. The highest BCUT2D eigenvalue weighted by atomic mass is 19.2. The molecule has 1 heterocycles. The number of amides is 2. The average Bonchev–Trinajstić information content (AvgIpc) is 2.63. The van der Waals surface area contributed by atoms with Crippen molar-refractivity contribution < 1.29 is 23.1 Å². The number of benzene rings is 1. The fraction of sp³-hybridized carbons (Fsp3) is 0.556. The Balaban J connectivity index is 1.77. The van der Waals surface area contributed by atoms with Crippen molar-refractivity contribution in [1.82, 2.24) is 10.2 Å². The monoisotopic (exact) mass is 354 g/mol. The lowest BCUT2D eigenvalue weighted by Gasteiger charge is -2.31. The second-order valence-electron chi connectivity index (χ2n) is 6.04. The molecule has 1 saturated heterocycles. The summed E-state index contributed by atoms with van der Waals surface area (Å²) in [5, 5.41) is 2.89. The Morgan fingerprint density at radius 1 is 1.24 bits per heavy atom. The maximum atomic E-state index is 13.3. The minimum absolute atomic E-state index is 0.00331. The summed E-state index contributed by atoms with van der Waals surface area (Å²) in [4.78, 5) is 26.0. The van der Waals surface area contributed by atoms with Crippen LogP contribution in [-0.2, 0) is 9.53 Å². The van der Waals surface area contributed by atoms with Crippen molar-refractivity contribution in [2.24, 2.45) is 5.92 Å². The summed E-state index contributed by atoms with van der Waals surface area (Å²) in [6, 6.07) is 3.14. The third-order valence-corrected chi connectivity index (χ3v) is 4.29. The fourth-order valence-electron chi connectivity index (χ4n) is 2.83. The SMILES string of the molecule is CCOCCCNC(=O)C1CCN(C(=O)c2ccc(F)c(F)c2)CC1. The lowest BCUT2D eigenvalue weighted by atomic mass is 9.95. The zero-order chi connectivity index (χ0) is 18.2. The van der Waals surface area contributed by atoms with Crippen molar-refractivity contribution in [3.8, 4) is 0 Å². The van der Waals surface area contributed by atoms with E-state index in [1.807, 2.05) is 6.92 Å². The molecule has 1 aromatic carbocycles. The van der Waals surface area contributed by atoms with Crippen LogP contribution in [0, 0.1) is 17.6 Å². The van der Waals surface area contributed by atoms with Gasteiger partial charge in [-0.05, 0) is 44.4 Å². The number of rotatable bonds is 7. The van der Waals surface area contributed by atoms with Gasteiger partial charge in [-0.3, -0.25) is 9.59 Å². The van der Waals surface area contributed by atoms with E-state index in [4.69, 9.17) is 4.74 Å². The van der Waals surface area contributed by atoms with Gasteiger partial charge in [-0.25, -0.2) is 8.78 Å². The molecule has 1 aliphatic heterocycles. The number of carbonyl (C=O) groups is 2. The molecule has 0 saturated carbocycles. The number of ether oxygens (including phenoxy) is 1. The molecule has 0 spiro atoms. The average molecular weight is 354 g/mol. The Kier molecular flexibility index (Phi) is 7.31. The van der Waals surface area contributed by atoms with Crippen LogP contribution in [0.4, 0.5) is 8.78 Å². The maximum Gasteiger partial charge on any atom is 0.253 e. The van der Waals surface area contributed by atoms with E-state index in [1.165, 1.54) is 6.07 Å². The van der Waals surface area contributed by atoms with Crippen LogP contribution in [0.5, 0.6) is 0 Å². The topological polar surface area (TPSA) is 58.6 Å². The van der Waals surface area contributed by atoms with Crippen LogP contribution in [0.3, 0.4) is 0 Å². The van der Waals surface area contributed by atoms with E-state index >= 15 is 0 Å². The normalized spacial score (nSPS) is 15.2. The maximum absolute atomic E-state index is 13.3. The van der Waals surface area contributed by atoms with Crippen LogP contribution >= 0.6 is 0 Å². The van der Waals surface area contributed by atoms with Gasteiger partial charge < -0.3 is 15.0 Å². The van der Waals surface area contributed by atoms with Crippen LogP contribution in [0.2, 0.25) is 0 Å². The summed E-state index contributed by atoms with van der Waals surface area (Å²) in [5.74, 6) is -2.48.